The average molecular weight is 395 g/mol. The molecule has 0 spiro atoms. The lowest BCUT2D eigenvalue weighted by Gasteiger charge is -2.14. The van der Waals surface area contributed by atoms with Crippen molar-refractivity contribution in [1.82, 2.24) is 5.32 Å². The van der Waals surface area contributed by atoms with E-state index in [1.54, 1.807) is 24.3 Å². The fourth-order valence-electron chi connectivity index (χ4n) is 2.09. The molecule has 0 saturated carbocycles. The molecule has 7 heteroatoms. The Hall–Kier alpha value is -2.18. The maximum absolute atomic E-state index is 13.2. The second kappa shape index (κ2) is 9.50. The van der Waals surface area contributed by atoms with Gasteiger partial charge in [-0.15, -0.1) is 0 Å². The van der Waals surface area contributed by atoms with E-state index in [-0.39, 0.29) is 10.1 Å². The summed E-state index contributed by atoms with van der Waals surface area (Å²) in [6, 6.07) is 11.0. The van der Waals surface area contributed by atoms with Gasteiger partial charge in [0.15, 0.2) is 5.11 Å². The predicted octanol–water partition coefficient (Wildman–Crippen LogP) is 5.03. The normalized spacial score (nSPS) is 10.5. The van der Waals surface area contributed by atoms with Gasteiger partial charge in [-0.1, -0.05) is 37.6 Å². The minimum absolute atomic E-state index is 0.0342. The van der Waals surface area contributed by atoms with E-state index >= 15 is 0 Å². The molecule has 2 rings (SSSR count). The van der Waals surface area contributed by atoms with Crippen LogP contribution in [0.1, 0.15) is 30.6 Å². The van der Waals surface area contributed by atoms with Crippen LogP contribution in [0.3, 0.4) is 0 Å². The maximum Gasteiger partial charge on any atom is 0.261 e. The molecule has 138 valence electrons. The van der Waals surface area contributed by atoms with Crippen molar-refractivity contribution in [1.29, 1.82) is 0 Å². The lowest BCUT2D eigenvalue weighted by molar-refractivity contribution is 0.0973. The van der Waals surface area contributed by atoms with Crippen LogP contribution in [-0.2, 0) is 0 Å². The Morgan fingerprint density at radius 1 is 1.27 bits per heavy atom. The van der Waals surface area contributed by atoms with Crippen molar-refractivity contribution in [2.75, 3.05) is 11.9 Å². The van der Waals surface area contributed by atoms with Crippen molar-refractivity contribution in [3.63, 3.8) is 0 Å². The summed E-state index contributed by atoms with van der Waals surface area (Å²) in [5, 5.41) is 5.42. The number of carbonyl (C=O) groups is 1. The van der Waals surface area contributed by atoms with Crippen molar-refractivity contribution >= 4 is 40.5 Å². The van der Waals surface area contributed by atoms with E-state index in [4.69, 9.17) is 28.6 Å². The molecule has 0 heterocycles. The summed E-state index contributed by atoms with van der Waals surface area (Å²) < 4.78 is 18.9. The van der Waals surface area contributed by atoms with Crippen LogP contribution in [0.25, 0.3) is 0 Å². The molecule has 0 aromatic heterocycles. The number of thiocarbonyl (C=S) groups is 1. The maximum atomic E-state index is 13.2. The molecule has 4 nitrogen and oxygen atoms in total. The molecule has 0 fully saturated rings. The monoisotopic (exact) mass is 394 g/mol. The van der Waals surface area contributed by atoms with E-state index in [0.717, 1.165) is 6.42 Å². The minimum atomic E-state index is -0.528. The molecular weight excluding hydrogens is 375 g/mol. The number of hydrogen-bond acceptors (Lipinski definition) is 3. The third-order valence-electron chi connectivity index (χ3n) is 3.49. The van der Waals surface area contributed by atoms with Gasteiger partial charge in [0.05, 0.1) is 17.2 Å². The van der Waals surface area contributed by atoms with Gasteiger partial charge in [-0.3, -0.25) is 10.1 Å². The molecule has 2 aromatic rings. The number of para-hydroxylation sites is 1. The van der Waals surface area contributed by atoms with Gasteiger partial charge in [0, 0.05) is 5.69 Å². The lowest BCUT2D eigenvalue weighted by atomic mass is 10.1. The van der Waals surface area contributed by atoms with Crippen LogP contribution in [0.15, 0.2) is 42.5 Å². The summed E-state index contributed by atoms with van der Waals surface area (Å²) in [5.41, 5.74) is 0.862. The molecular formula is C19H20ClFN2O2S. The van der Waals surface area contributed by atoms with Crippen LogP contribution < -0.4 is 15.4 Å². The molecule has 0 aliphatic carbocycles. The van der Waals surface area contributed by atoms with Crippen molar-refractivity contribution in [3.8, 4) is 5.75 Å². The number of hydrogen-bond donors (Lipinski definition) is 2. The zero-order valence-electron chi connectivity index (χ0n) is 14.5. The fourth-order valence-corrected chi connectivity index (χ4v) is 2.48. The largest absolute Gasteiger partial charge is 0.493 e. The molecule has 0 unspecified atom stereocenters. The Bertz CT molecular complexity index is 799. The Labute approximate surface area is 162 Å². The third kappa shape index (κ3) is 5.97. The molecule has 0 radical (unpaired) electrons. The third-order valence-corrected chi connectivity index (χ3v) is 3.98. The standard InChI is InChI=1S/C19H20ClFN2O2S/c1-12(2)9-10-25-17-6-4-3-5-14(17)18(24)23-19(26)22-13-7-8-16(21)15(20)11-13/h3-8,11-12H,9-10H2,1-2H3,(H2,22,23,24,26). The van der Waals surface area contributed by atoms with E-state index in [0.29, 0.717) is 29.5 Å². The van der Waals surface area contributed by atoms with E-state index in [9.17, 15) is 9.18 Å². The van der Waals surface area contributed by atoms with E-state index < -0.39 is 11.7 Å². The van der Waals surface area contributed by atoms with Crippen LogP contribution in [0.4, 0.5) is 10.1 Å². The van der Waals surface area contributed by atoms with Crippen LogP contribution >= 0.6 is 23.8 Å². The first-order valence-corrected chi connectivity index (χ1v) is 8.94. The van der Waals surface area contributed by atoms with Crippen LogP contribution in [0, 0.1) is 11.7 Å². The molecule has 0 aliphatic heterocycles. The molecule has 2 N–H and O–H groups in total. The summed E-state index contributed by atoms with van der Waals surface area (Å²) in [6.07, 6.45) is 0.890. The van der Waals surface area contributed by atoms with Crippen molar-refractivity contribution in [2.24, 2.45) is 5.92 Å². The molecule has 2 aromatic carbocycles. The van der Waals surface area contributed by atoms with Crippen LogP contribution in [0.2, 0.25) is 5.02 Å². The number of nitrogens with one attached hydrogen (secondary N) is 2. The highest BCUT2D eigenvalue weighted by Crippen LogP contribution is 2.20. The Morgan fingerprint density at radius 3 is 2.69 bits per heavy atom. The summed E-state index contributed by atoms with van der Waals surface area (Å²) in [7, 11) is 0. The SMILES string of the molecule is CC(C)CCOc1ccccc1C(=O)NC(=S)Nc1ccc(F)c(Cl)c1. The van der Waals surface area contributed by atoms with Crippen molar-refractivity contribution in [3.05, 3.63) is 58.9 Å². The first-order valence-electron chi connectivity index (χ1n) is 8.16. The van der Waals surface area contributed by atoms with Crippen LogP contribution in [-0.4, -0.2) is 17.6 Å². The van der Waals surface area contributed by atoms with Gasteiger partial charge >= 0.3 is 0 Å². The lowest BCUT2D eigenvalue weighted by Crippen LogP contribution is -2.34. The Balaban J connectivity index is 2.00. The smallest absolute Gasteiger partial charge is 0.261 e. The Kier molecular flexibility index (Phi) is 7.36. The summed E-state index contributed by atoms with van der Waals surface area (Å²) in [6.45, 7) is 4.74. The second-order valence-electron chi connectivity index (χ2n) is 6.06. The van der Waals surface area contributed by atoms with Crippen molar-refractivity contribution in [2.45, 2.75) is 20.3 Å². The molecule has 1 amide bonds. The first-order chi connectivity index (χ1) is 12.4. The molecule has 0 saturated heterocycles. The predicted molar refractivity (Wildman–Crippen MR) is 106 cm³/mol. The van der Waals surface area contributed by atoms with E-state index in [2.05, 4.69) is 24.5 Å². The topological polar surface area (TPSA) is 50.4 Å². The van der Waals surface area contributed by atoms with Gasteiger partial charge in [-0.05, 0) is 54.9 Å². The quantitative estimate of drug-likeness (QED) is 0.674. The fraction of sp³-hybridized carbons (Fsp3) is 0.263. The number of amides is 1. The van der Waals surface area contributed by atoms with Gasteiger partial charge in [0.1, 0.15) is 11.6 Å². The van der Waals surface area contributed by atoms with Gasteiger partial charge in [0.2, 0.25) is 0 Å². The van der Waals surface area contributed by atoms with E-state index in [1.807, 2.05) is 0 Å². The summed E-state index contributed by atoms with van der Waals surface area (Å²) in [4.78, 5) is 12.5. The summed E-state index contributed by atoms with van der Waals surface area (Å²) in [5.74, 6) is 0.0871. The van der Waals surface area contributed by atoms with Gasteiger partial charge in [0.25, 0.3) is 5.91 Å². The minimum Gasteiger partial charge on any atom is -0.493 e. The number of anilines is 1. The number of carbonyl (C=O) groups excluding carboxylic acids is 1. The number of rotatable bonds is 6. The highest BCUT2D eigenvalue weighted by Gasteiger charge is 2.14. The highest BCUT2D eigenvalue weighted by molar-refractivity contribution is 7.80. The highest BCUT2D eigenvalue weighted by atomic mass is 35.5. The number of benzene rings is 2. The van der Waals surface area contributed by atoms with Crippen molar-refractivity contribution < 1.29 is 13.9 Å². The zero-order valence-corrected chi connectivity index (χ0v) is 16.1. The number of halogens is 2. The molecule has 0 atom stereocenters. The van der Waals surface area contributed by atoms with Gasteiger partial charge in [-0.2, -0.15) is 0 Å². The van der Waals surface area contributed by atoms with Gasteiger partial charge < -0.3 is 10.1 Å². The molecule has 0 bridgehead atoms. The molecule has 26 heavy (non-hydrogen) atoms. The summed E-state index contributed by atoms with van der Waals surface area (Å²) >= 11 is 10.9. The zero-order chi connectivity index (χ0) is 19.1. The average Bonchev–Trinajstić information content (AvgIpc) is 2.58. The van der Waals surface area contributed by atoms with E-state index in [1.165, 1.54) is 18.2 Å². The molecule has 0 aliphatic rings. The van der Waals surface area contributed by atoms with Crippen LogP contribution in [0.5, 0.6) is 5.75 Å². The van der Waals surface area contributed by atoms with Gasteiger partial charge in [-0.25, -0.2) is 4.39 Å². The Morgan fingerprint density at radius 2 is 2.00 bits per heavy atom. The second-order valence-corrected chi connectivity index (χ2v) is 6.88. The number of ether oxygens (including phenoxy) is 1. The first kappa shape index (κ1) is 20.1.